The Balaban J connectivity index is 1.94. The van der Waals surface area contributed by atoms with Gasteiger partial charge in [0.15, 0.2) is 5.43 Å². The molecule has 1 heterocycles. The minimum Gasteiger partial charge on any atom is -0.338 e. The van der Waals surface area contributed by atoms with Gasteiger partial charge in [0, 0.05) is 23.3 Å². The van der Waals surface area contributed by atoms with Gasteiger partial charge >= 0.3 is 0 Å². The maximum absolute atomic E-state index is 12.4. The Labute approximate surface area is 140 Å². The second-order valence-corrected chi connectivity index (χ2v) is 6.20. The third-order valence-corrected chi connectivity index (χ3v) is 4.04. The smallest absolute Gasteiger partial charge is 0.244 e. The molecule has 0 bridgehead atoms. The van der Waals surface area contributed by atoms with E-state index in [1.807, 2.05) is 61.7 Å². The first kappa shape index (κ1) is 16.0. The molecule has 1 aromatic heterocycles. The Bertz CT molecular complexity index is 987. The SMILES string of the molecule is Cc1cccc(NC(=O)Cn2ccc(=O)c3c(C)cc(C)cc32)c1. The van der Waals surface area contributed by atoms with Crippen molar-refractivity contribution in [1.82, 2.24) is 4.57 Å². The fraction of sp³-hybridized carbons (Fsp3) is 0.200. The number of rotatable bonds is 3. The fourth-order valence-corrected chi connectivity index (χ4v) is 3.03. The van der Waals surface area contributed by atoms with Crippen LogP contribution in [-0.4, -0.2) is 10.5 Å². The van der Waals surface area contributed by atoms with Gasteiger partial charge in [0.2, 0.25) is 5.91 Å². The maximum atomic E-state index is 12.4. The number of aromatic nitrogens is 1. The van der Waals surface area contributed by atoms with Crippen LogP contribution >= 0.6 is 0 Å². The number of anilines is 1. The molecule has 0 atom stereocenters. The molecule has 0 unspecified atom stereocenters. The first-order valence-corrected chi connectivity index (χ1v) is 7.91. The minimum absolute atomic E-state index is 0.0159. The number of benzene rings is 2. The quantitative estimate of drug-likeness (QED) is 0.802. The van der Waals surface area contributed by atoms with E-state index in [0.717, 1.165) is 27.9 Å². The summed E-state index contributed by atoms with van der Waals surface area (Å²) in [5.41, 5.74) is 4.64. The van der Waals surface area contributed by atoms with Crippen LogP contribution < -0.4 is 10.7 Å². The second kappa shape index (κ2) is 6.32. The molecular weight excluding hydrogens is 300 g/mol. The lowest BCUT2D eigenvalue weighted by molar-refractivity contribution is -0.116. The van der Waals surface area contributed by atoms with E-state index < -0.39 is 0 Å². The van der Waals surface area contributed by atoms with Crippen molar-refractivity contribution < 1.29 is 4.79 Å². The van der Waals surface area contributed by atoms with Crippen molar-refractivity contribution in [3.05, 3.63) is 75.6 Å². The predicted octanol–water partition coefficient (Wildman–Crippen LogP) is 3.57. The lowest BCUT2D eigenvalue weighted by atomic mass is 10.1. The number of fused-ring (bicyclic) bond motifs is 1. The van der Waals surface area contributed by atoms with Crippen LogP contribution in [0.15, 0.2) is 53.5 Å². The largest absolute Gasteiger partial charge is 0.338 e. The normalized spacial score (nSPS) is 10.8. The summed E-state index contributed by atoms with van der Waals surface area (Å²) in [5.74, 6) is -0.121. The Morgan fingerprint density at radius 1 is 1.04 bits per heavy atom. The van der Waals surface area contributed by atoms with E-state index >= 15 is 0 Å². The number of nitrogens with one attached hydrogen (secondary N) is 1. The number of aryl methyl sites for hydroxylation is 3. The van der Waals surface area contributed by atoms with Gasteiger partial charge in [0.05, 0.1) is 5.52 Å². The third-order valence-electron chi connectivity index (χ3n) is 4.04. The average molecular weight is 320 g/mol. The van der Waals surface area contributed by atoms with E-state index in [1.54, 1.807) is 6.20 Å². The van der Waals surface area contributed by atoms with E-state index in [1.165, 1.54) is 6.07 Å². The Morgan fingerprint density at radius 2 is 1.83 bits per heavy atom. The Morgan fingerprint density at radius 3 is 2.58 bits per heavy atom. The number of hydrogen-bond acceptors (Lipinski definition) is 2. The first-order chi connectivity index (χ1) is 11.4. The molecule has 0 aliphatic rings. The molecule has 24 heavy (non-hydrogen) atoms. The van der Waals surface area contributed by atoms with E-state index in [9.17, 15) is 9.59 Å². The molecule has 0 radical (unpaired) electrons. The van der Waals surface area contributed by atoms with Crippen molar-refractivity contribution in [2.24, 2.45) is 0 Å². The third kappa shape index (κ3) is 3.23. The fourth-order valence-electron chi connectivity index (χ4n) is 3.03. The highest BCUT2D eigenvalue weighted by Gasteiger charge is 2.10. The van der Waals surface area contributed by atoms with Gasteiger partial charge < -0.3 is 9.88 Å². The topological polar surface area (TPSA) is 51.1 Å². The number of hydrogen-bond donors (Lipinski definition) is 1. The minimum atomic E-state index is -0.121. The van der Waals surface area contributed by atoms with Crippen molar-refractivity contribution in [1.29, 1.82) is 0 Å². The summed E-state index contributed by atoms with van der Waals surface area (Å²) in [5, 5.41) is 3.57. The van der Waals surface area contributed by atoms with Crippen LogP contribution in [0, 0.1) is 20.8 Å². The summed E-state index contributed by atoms with van der Waals surface area (Å²) in [6.45, 7) is 6.05. The molecular formula is C20H20N2O2. The zero-order chi connectivity index (χ0) is 17.3. The highest BCUT2D eigenvalue weighted by Crippen LogP contribution is 2.18. The van der Waals surface area contributed by atoms with Crippen molar-refractivity contribution >= 4 is 22.5 Å². The molecule has 0 aliphatic carbocycles. The van der Waals surface area contributed by atoms with Crippen LogP contribution in [0.3, 0.4) is 0 Å². The molecule has 122 valence electrons. The molecule has 2 aromatic carbocycles. The molecule has 0 fully saturated rings. The summed E-state index contributed by atoms with van der Waals surface area (Å²) in [6.07, 6.45) is 1.68. The summed E-state index contributed by atoms with van der Waals surface area (Å²) in [6, 6.07) is 13.1. The molecule has 0 aliphatic heterocycles. The predicted molar refractivity (Wildman–Crippen MR) is 97.5 cm³/mol. The number of carbonyl (C=O) groups is 1. The summed E-state index contributed by atoms with van der Waals surface area (Å²) >= 11 is 0. The second-order valence-electron chi connectivity index (χ2n) is 6.20. The van der Waals surface area contributed by atoms with Crippen LogP contribution in [0.5, 0.6) is 0 Å². The number of carbonyl (C=O) groups excluding carboxylic acids is 1. The van der Waals surface area contributed by atoms with Crippen LogP contribution in [0.25, 0.3) is 10.9 Å². The lowest BCUT2D eigenvalue weighted by Gasteiger charge is -2.13. The number of nitrogens with zero attached hydrogens (tertiary/aromatic N) is 1. The lowest BCUT2D eigenvalue weighted by Crippen LogP contribution is -2.20. The molecule has 0 saturated carbocycles. The standard InChI is InChI=1S/C20H20N2O2/c1-13-5-4-6-16(10-13)21-19(24)12-22-8-7-18(23)20-15(3)9-14(2)11-17(20)22/h4-11H,12H2,1-3H3,(H,21,24). The van der Waals surface area contributed by atoms with Gasteiger partial charge in [-0.2, -0.15) is 0 Å². The monoisotopic (exact) mass is 320 g/mol. The molecule has 1 amide bonds. The van der Waals surface area contributed by atoms with E-state index in [0.29, 0.717) is 5.39 Å². The zero-order valence-electron chi connectivity index (χ0n) is 14.1. The Hall–Kier alpha value is -2.88. The summed E-state index contributed by atoms with van der Waals surface area (Å²) in [4.78, 5) is 24.5. The first-order valence-electron chi connectivity index (χ1n) is 7.91. The van der Waals surface area contributed by atoms with Crippen LogP contribution in [0.2, 0.25) is 0 Å². The molecule has 0 spiro atoms. The van der Waals surface area contributed by atoms with Gasteiger partial charge in [0.25, 0.3) is 0 Å². The molecule has 4 heteroatoms. The summed E-state index contributed by atoms with van der Waals surface area (Å²) in [7, 11) is 0. The van der Waals surface area contributed by atoms with Gasteiger partial charge in [-0.05, 0) is 55.7 Å². The molecule has 3 rings (SSSR count). The Kier molecular flexibility index (Phi) is 4.21. The highest BCUT2D eigenvalue weighted by molar-refractivity contribution is 5.92. The van der Waals surface area contributed by atoms with Crippen molar-refractivity contribution in [3.8, 4) is 0 Å². The molecule has 3 aromatic rings. The molecule has 1 N–H and O–H groups in total. The van der Waals surface area contributed by atoms with Gasteiger partial charge in [-0.15, -0.1) is 0 Å². The van der Waals surface area contributed by atoms with Crippen molar-refractivity contribution in [3.63, 3.8) is 0 Å². The average Bonchev–Trinajstić information content (AvgIpc) is 2.49. The van der Waals surface area contributed by atoms with E-state index in [-0.39, 0.29) is 17.9 Å². The van der Waals surface area contributed by atoms with Crippen LogP contribution in [0.1, 0.15) is 16.7 Å². The number of amides is 1. The maximum Gasteiger partial charge on any atom is 0.244 e. The van der Waals surface area contributed by atoms with E-state index in [4.69, 9.17) is 0 Å². The van der Waals surface area contributed by atoms with Gasteiger partial charge in [-0.3, -0.25) is 9.59 Å². The van der Waals surface area contributed by atoms with E-state index in [2.05, 4.69) is 5.32 Å². The van der Waals surface area contributed by atoms with Crippen molar-refractivity contribution in [2.75, 3.05) is 5.32 Å². The highest BCUT2D eigenvalue weighted by atomic mass is 16.2. The van der Waals surface area contributed by atoms with Crippen LogP contribution in [-0.2, 0) is 11.3 Å². The molecule has 0 saturated heterocycles. The van der Waals surface area contributed by atoms with Crippen molar-refractivity contribution in [2.45, 2.75) is 27.3 Å². The van der Waals surface area contributed by atoms with Gasteiger partial charge in [0.1, 0.15) is 6.54 Å². The van der Waals surface area contributed by atoms with Gasteiger partial charge in [-0.1, -0.05) is 18.2 Å². The zero-order valence-corrected chi connectivity index (χ0v) is 14.1. The summed E-state index contributed by atoms with van der Waals surface area (Å²) < 4.78 is 1.82. The van der Waals surface area contributed by atoms with Crippen LogP contribution in [0.4, 0.5) is 5.69 Å². The van der Waals surface area contributed by atoms with Gasteiger partial charge in [-0.25, -0.2) is 0 Å². The molecule has 4 nitrogen and oxygen atoms in total. The number of pyridine rings is 1.